The summed E-state index contributed by atoms with van der Waals surface area (Å²) < 4.78 is 30.0. The van der Waals surface area contributed by atoms with Gasteiger partial charge in [0.2, 0.25) is 5.95 Å². The first-order valence-corrected chi connectivity index (χ1v) is 11.0. The van der Waals surface area contributed by atoms with E-state index in [9.17, 15) is 18.7 Å². The van der Waals surface area contributed by atoms with Crippen molar-refractivity contribution in [3.8, 4) is 0 Å². The number of aryl methyl sites for hydroxylation is 2. The largest absolute Gasteiger partial charge is 0.390 e. The number of hydrogen-bond donors (Lipinski definition) is 2. The van der Waals surface area contributed by atoms with E-state index in [0.717, 1.165) is 0 Å². The predicted molar refractivity (Wildman–Crippen MR) is 123 cm³/mol. The van der Waals surface area contributed by atoms with Crippen molar-refractivity contribution in [1.82, 2.24) is 24.1 Å². The number of nitrogens with one attached hydrogen (secondary N) is 1. The molecule has 0 atom stereocenters. The fourth-order valence-electron chi connectivity index (χ4n) is 3.72. The summed E-state index contributed by atoms with van der Waals surface area (Å²) >= 11 is 6.28. The van der Waals surface area contributed by atoms with E-state index < -0.39 is 11.5 Å². The Morgan fingerprint density at radius 3 is 2.61 bits per heavy atom. The zero-order valence-electron chi connectivity index (χ0n) is 18.6. The van der Waals surface area contributed by atoms with Crippen molar-refractivity contribution in [3.05, 3.63) is 34.0 Å². The van der Waals surface area contributed by atoms with Gasteiger partial charge in [0.15, 0.2) is 11.5 Å². The summed E-state index contributed by atoms with van der Waals surface area (Å²) in [6.45, 7) is 4.00. The lowest BCUT2D eigenvalue weighted by atomic mass is 10.1. The third-order valence-corrected chi connectivity index (χ3v) is 5.97. The lowest BCUT2D eigenvalue weighted by molar-refractivity contribution is -0.0222. The number of aromatic nitrogens is 5. The molecule has 0 saturated carbocycles. The van der Waals surface area contributed by atoms with Gasteiger partial charge in [-0.2, -0.15) is 4.98 Å². The minimum Gasteiger partial charge on any atom is -0.390 e. The fourth-order valence-corrected chi connectivity index (χ4v) is 3.85. The van der Waals surface area contributed by atoms with Crippen LogP contribution in [0.5, 0.6) is 0 Å². The van der Waals surface area contributed by atoms with Gasteiger partial charge in [-0.3, -0.25) is 9.13 Å². The van der Waals surface area contributed by atoms with Crippen LogP contribution in [0.1, 0.15) is 33.1 Å². The Balaban J connectivity index is 1.62. The van der Waals surface area contributed by atoms with Crippen LogP contribution in [0.25, 0.3) is 11.2 Å². The van der Waals surface area contributed by atoms with Gasteiger partial charge in [0.1, 0.15) is 5.02 Å². The third-order valence-electron chi connectivity index (χ3n) is 5.69. The molecule has 0 radical (unpaired) electrons. The van der Waals surface area contributed by atoms with Crippen molar-refractivity contribution in [2.45, 2.75) is 51.2 Å². The van der Waals surface area contributed by atoms with E-state index in [2.05, 4.69) is 20.3 Å². The van der Waals surface area contributed by atoms with Crippen LogP contribution in [0.3, 0.4) is 0 Å². The number of halogens is 3. The molecule has 1 aliphatic heterocycles. The lowest BCUT2D eigenvalue weighted by Crippen LogP contribution is -2.40. The molecule has 0 unspecified atom stereocenters. The topological polar surface area (TPSA) is 101 Å². The fraction of sp³-hybridized carbons (Fsp3) is 0.524. The number of nitrogens with zero attached hydrogens (tertiary/aromatic N) is 6. The number of imidazole rings is 1. The van der Waals surface area contributed by atoms with Crippen LogP contribution in [0.15, 0.2) is 23.3 Å². The normalized spacial score (nSPS) is 16.4. The second kappa shape index (κ2) is 8.53. The van der Waals surface area contributed by atoms with Gasteiger partial charge in [-0.05, 0) is 26.3 Å². The van der Waals surface area contributed by atoms with Crippen molar-refractivity contribution in [1.29, 1.82) is 0 Å². The molecule has 3 aromatic rings. The number of hydrogen-bond acceptors (Lipinski definition) is 7. The molecule has 12 heteroatoms. The molecule has 0 spiro atoms. The van der Waals surface area contributed by atoms with E-state index in [1.165, 1.54) is 10.8 Å². The first-order chi connectivity index (χ1) is 15.4. The minimum absolute atomic E-state index is 0.152. The molecule has 0 aromatic carbocycles. The number of pyridine rings is 1. The zero-order chi connectivity index (χ0) is 24.0. The maximum atomic E-state index is 13.5. The highest BCUT2D eigenvalue weighted by atomic mass is 35.5. The van der Waals surface area contributed by atoms with Crippen LogP contribution in [0.2, 0.25) is 5.02 Å². The summed E-state index contributed by atoms with van der Waals surface area (Å²) in [6.07, 6.45) is 2.87. The Morgan fingerprint density at radius 2 is 1.94 bits per heavy atom. The number of alkyl halides is 2. The van der Waals surface area contributed by atoms with Gasteiger partial charge >= 0.3 is 5.69 Å². The zero-order valence-corrected chi connectivity index (χ0v) is 19.4. The number of fused-ring (bicyclic) bond motifs is 1. The Labute approximate surface area is 194 Å². The number of anilines is 3. The van der Waals surface area contributed by atoms with E-state index in [4.69, 9.17) is 11.6 Å². The van der Waals surface area contributed by atoms with E-state index in [1.807, 2.05) is 0 Å². The Bertz CT molecular complexity index is 1230. The van der Waals surface area contributed by atoms with Gasteiger partial charge in [-0.25, -0.2) is 23.5 Å². The van der Waals surface area contributed by atoms with Crippen LogP contribution in [0, 0.1) is 0 Å². The van der Waals surface area contributed by atoms with Crippen molar-refractivity contribution >= 4 is 40.2 Å². The average Bonchev–Trinajstić information content (AvgIpc) is 2.97. The first-order valence-electron chi connectivity index (χ1n) is 10.6. The molecule has 0 aliphatic carbocycles. The highest BCUT2D eigenvalue weighted by Gasteiger charge is 2.35. The van der Waals surface area contributed by atoms with Crippen molar-refractivity contribution < 1.29 is 13.9 Å². The molecule has 9 nitrogen and oxygen atoms in total. The van der Waals surface area contributed by atoms with E-state index in [0.29, 0.717) is 41.6 Å². The van der Waals surface area contributed by atoms with E-state index in [1.54, 1.807) is 42.6 Å². The molecule has 1 fully saturated rings. The summed E-state index contributed by atoms with van der Waals surface area (Å²) in [4.78, 5) is 27.4. The van der Waals surface area contributed by atoms with Crippen molar-refractivity contribution in [3.63, 3.8) is 0 Å². The van der Waals surface area contributed by atoms with Crippen LogP contribution in [-0.4, -0.2) is 53.8 Å². The van der Waals surface area contributed by atoms with Gasteiger partial charge in [-0.15, -0.1) is 0 Å². The third kappa shape index (κ3) is 5.09. The monoisotopic (exact) mass is 481 g/mol. The number of piperidine rings is 1. The molecule has 1 aliphatic rings. The summed E-state index contributed by atoms with van der Waals surface area (Å²) in [5.74, 6) is -2.04. The Morgan fingerprint density at radius 1 is 1.24 bits per heavy atom. The molecule has 178 valence electrons. The molecule has 33 heavy (non-hydrogen) atoms. The highest BCUT2D eigenvalue weighted by Crippen LogP contribution is 2.31. The molecular formula is C21H26ClF2N7O2. The smallest absolute Gasteiger partial charge is 0.330 e. The SMILES string of the molecule is Cn1c(=O)n(CCC(C)(C)O)c2cc(Nc3nc(N4CCC(F)(F)CC4)ncc3Cl)cnc21. The first kappa shape index (κ1) is 23.4. The highest BCUT2D eigenvalue weighted by molar-refractivity contribution is 6.32. The molecule has 3 aromatic heterocycles. The van der Waals surface area contributed by atoms with Crippen LogP contribution in [0.4, 0.5) is 26.2 Å². The summed E-state index contributed by atoms with van der Waals surface area (Å²) in [7, 11) is 1.64. The second-order valence-electron chi connectivity index (χ2n) is 8.96. The quantitative estimate of drug-likeness (QED) is 0.557. The summed E-state index contributed by atoms with van der Waals surface area (Å²) in [5, 5.41) is 13.4. The van der Waals surface area contributed by atoms with Gasteiger partial charge in [0.05, 0.1) is 29.2 Å². The number of rotatable bonds is 6. The minimum atomic E-state index is -2.66. The van der Waals surface area contributed by atoms with Crippen LogP contribution >= 0.6 is 11.6 Å². The average molecular weight is 482 g/mol. The van der Waals surface area contributed by atoms with E-state index >= 15 is 0 Å². The Kier molecular flexibility index (Phi) is 6.04. The van der Waals surface area contributed by atoms with Crippen LogP contribution < -0.4 is 15.9 Å². The molecule has 1 saturated heterocycles. The van der Waals surface area contributed by atoms with Crippen molar-refractivity contribution in [2.24, 2.45) is 7.05 Å². The van der Waals surface area contributed by atoms with E-state index in [-0.39, 0.29) is 36.6 Å². The molecule has 2 N–H and O–H groups in total. The maximum Gasteiger partial charge on any atom is 0.330 e. The maximum absolute atomic E-state index is 13.5. The van der Waals surface area contributed by atoms with Crippen molar-refractivity contribution in [2.75, 3.05) is 23.3 Å². The molecule has 4 heterocycles. The molecular weight excluding hydrogens is 456 g/mol. The lowest BCUT2D eigenvalue weighted by Gasteiger charge is -2.31. The molecule has 4 rings (SSSR count). The van der Waals surface area contributed by atoms with Gasteiger partial charge in [0.25, 0.3) is 5.92 Å². The summed E-state index contributed by atoms with van der Waals surface area (Å²) in [6, 6.07) is 1.76. The second-order valence-corrected chi connectivity index (χ2v) is 9.36. The van der Waals surface area contributed by atoms with Gasteiger partial charge in [-0.1, -0.05) is 11.6 Å². The van der Waals surface area contributed by atoms with Crippen LogP contribution in [-0.2, 0) is 13.6 Å². The molecule has 0 bridgehead atoms. The summed E-state index contributed by atoms with van der Waals surface area (Å²) in [5.41, 5.74) is 0.490. The molecule has 0 amide bonds. The predicted octanol–water partition coefficient (Wildman–Crippen LogP) is 3.32. The van der Waals surface area contributed by atoms with Gasteiger partial charge < -0.3 is 15.3 Å². The number of aliphatic hydroxyl groups is 1. The Hall–Kier alpha value is -2.79. The standard InChI is InChI=1S/C21H26ClF2N7O2/c1-20(2,33)4-9-31-15-10-13(11-25-17(15)29(3)19(31)32)27-16-14(22)12-26-18(28-16)30-7-5-21(23,24)6-8-30/h10-12,33H,4-9H2,1-3H3,(H,26,27,28). The van der Waals surface area contributed by atoms with Gasteiger partial charge in [0, 0.05) is 39.5 Å².